The van der Waals surface area contributed by atoms with Gasteiger partial charge in [0.1, 0.15) is 17.0 Å². The normalized spacial score (nSPS) is 14.1. The lowest BCUT2D eigenvalue weighted by molar-refractivity contribution is -0.119. The van der Waals surface area contributed by atoms with Crippen molar-refractivity contribution in [3.8, 4) is 28.1 Å². The first kappa shape index (κ1) is 38.2. The number of nitrogens with zero attached hydrogens (tertiary/aromatic N) is 3. The van der Waals surface area contributed by atoms with Crippen molar-refractivity contribution in [2.45, 2.75) is 65.3 Å². The Morgan fingerprint density at radius 2 is 1.90 bits per heavy atom. The molecule has 4 N–H and O–H groups in total. The number of hydrogen-bond donors (Lipinski definition) is 4. The molecule has 3 heterocycles. The molecule has 0 unspecified atom stereocenters. The number of halogens is 1. The number of aliphatic hydroxyl groups is 1. The largest absolute Gasteiger partial charge is 0.496 e. The van der Waals surface area contributed by atoms with Gasteiger partial charge in [0.15, 0.2) is 0 Å². The highest BCUT2D eigenvalue weighted by atomic mass is 35.5. The van der Waals surface area contributed by atoms with Crippen molar-refractivity contribution in [3.63, 3.8) is 0 Å². The van der Waals surface area contributed by atoms with Crippen molar-refractivity contribution in [3.05, 3.63) is 94.4 Å². The molecule has 0 aliphatic carbocycles. The molecular weight excluding hydrogens is 684 g/mol. The molecule has 1 saturated heterocycles. The maximum absolute atomic E-state index is 13.3. The molecule has 1 fully saturated rings. The Balaban J connectivity index is 1.29. The van der Waals surface area contributed by atoms with E-state index in [0.29, 0.717) is 47.2 Å². The number of nitrogens with one attached hydrogen (secondary N) is 3. The smallest absolute Gasteiger partial charge is 0.410 e. The summed E-state index contributed by atoms with van der Waals surface area (Å²) in [7, 11) is 1.62. The quantitative estimate of drug-likeness (QED) is 0.127. The van der Waals surface area contributed by atoms with Crippen LogP contribution in [0.5, 0.6) is 5.75 Å². The van der Waals surface area contributed by atoms with Gasteiger partial charge in [-0.15, -0.1) is 0 Å². The molecule has 0 saturated carbocycles. The van der Waals surface area contributed by atoms with Crippen molar-refractivity contribution in [2.75, 3.05) is 32.1 Å². The molecule has 4 aromatic rings. The summed E-state index contributed by atoms with van der Waals surface area (Å²) in [5, 5.41) is 19.2. The van der Waals surface area contributed by atoms with Crippen LogP contribution in [0.3, 0.4) is 0 Å². The third-order valence-electron chi connectivity index (χ3n) is 8.57. The van der Waals surface area contributed by atoms with Gasteiger partial charge in [0.25, 0.3) is 5.91 Å². The van der Waals surface area contributed by atoms with Crippen LogP contribution < -0.4 is 20.7 Å². The van der Waals surface area contributed by atoms with E-state index in [2.05, 4.69) is 25.9 Å². The van der Waals surface area contributed by atoms with Gasteiger partial charge in [0, 0.05) is 66.9 Å². The Labute approximate surface area is 308 Å². The van der Waals surface area contributed by atoms with Crippen LogP contribution in [-0.2, 0) is 22.6 Å². The molecule has 1 atom stereocenters. The van der Waals surface area contributed by atoms with Crippen molar-refractivity contribution in [2.24, 2.45) is 0 Å². The monoisotopic (exact) mass is 728 g/mol. The maximum Gasteiger partial charge on any atom is 0.410 e. The number of hydrogen-bond acceptors (Lipinski definition) is 9. The van der Waals surface area contributed by atoms with E-state index in [9.17, 15) is 19.5 Å². The minimum absolute atomic E-state index is 0.0916. The first-order chi connectivity index (χ1) is 24.9. The zero-order chi connectivity index (χ0) is 37.4. The first-order valence-electron chi connectivity index (χ1n) is 17.1. The van der Waals surface area contributed by atoms with E-state index in [1.807, 2.05) is 49.4 Å². The summed E-state index contributed by atoms with van der Waals surface area (Å²) < 4.78 is 11.2. The number of carbonyl (C=O) groups excluding carboxylic acids is 3. The fraction of sp³-hybridized carbons (Fsp3) is 0.359. The van der Waals surface area contributed by atoms with Crippen molar-refractivity contribution in [1.29, 1.82) is 0 Å². The lowest BCUT2D eigenvalue weighted by atomic mass is 9.97. The molecule has 12 nitrogen and oxygen atoms in total. The highest BCUT2D eigenvalue weighted by Crippen LogP contribution is 2.39. The van der Waals surface area contributed by atoms with E-state index < -0.39 is 17.6 Å². The van der Waals surface area contributed by atoms with E-state index in [4.69, 9.17) is 21.1 Å². The number of benzene rings is 2. The summed E-state index contributed by atoms with van der Waals surface area (Å²) in [6.45, 7) is 8.52. The Morgan fingerprint density at radius 1 is 1.10 bits per heavy atom. The van der Waals surface area contributed by atoms with E-state index in [-0.39, 0.29) is 37.3 Å². The fourth-order valence-electron chi connectivity index (χ4n) is 5.91. The third-order valence-corrected chi connectivity index (χ3v) is 8.95. The zero-order valence-corrected chi connectivity index (χ0v) is 30.8. The highest BCUT2D eigenvalue weighted by molar-refractivity contribution is 6.35. The average Bonchev–Trinajstić information content (AvgIpc) is 3.53. The molecule has 2 aromatic carbocycles. The Bertz CT molecular complexity index is 1910. The lowest BCUT2D eigenvalue weighted by Gasteiger charge is -2.27. The highest BCUT2D eigenvalue weighted by Gasteiger charge is 2.23. The van der Waals surface area contributed by atoms with Gasteiger partial charge in [0.05, 0.1) is 31.0 Å². The third kappa shape index (κ3) is 9.64. The number of ether oxygens (including phenoxy) is 2. The fourth-order valence-corrected chi connectivity index (χ4v) is 6.23. The average molecular weight is 729 g/mol. The van der Waals surface area contributed by atoms with Crippen molar-refractivity contribution in [1.82, 2.24) is 25.5 Å². The molecule has 0 radical (unpaired) electrons. The van der Waals surface area contributed by atoms with Crippen LogP contribution in [0.25, 0.3) is 22.4 Å². The van der Waals surface area contributed by atoms with E-state index >= 15 is 0 Å². The van der Waals surface area contributed by atoms with Crippen LogP contribution in [0, 0.1) is 6.92 Å². The number of anilines is 1. The minimum Gasteiger partial charge on any atom is -0.496 e. The van der Waals surface area contributed by atoms with Gasteiger partial charge >= 0.3 is 6.09 Å². The number of carbonyl (C=O) groups is 3. The SMILES string of the molecule is COc1cc(-c2nccc(-c3cccc(NC(=O)c4ccc(CN(CCO)C(=O)OC(C)(C)C)cn4)c3C)c2Cl)ccc1CNC[C@@H]1CCC(=O)N1. The van der Waals surface area contributed by atoms with Crippen LogP contribution in [0.15, 0.2) is 67.0 Å². The Morgan fingerprint density at radius 3 is 2.58 bits per heavy atom. The predicted octanol–water partition coefficient (Wildman–Crippen LogP) is 6.13. The molecule has 1 aliphatic rings. The molecule has 52 heavy (non-hydrogen) atoms. The molecule has 13 heteroatoms. The second kappa shape index (κ2) is 17.0. The van der Waals surface area contributed by atoms with Gasteiger partial charge in [-0.2, -0.15) is 0 Å². The molecule has 2 aromatic heterocycles. The van der Waals surface area contributed by atoms with Gasteiger partial charge in [-0.1, -0.05) is 41.9 Å². The van der Waals surface area contributed by atoms with Crippen LogP contribution in [0.2, 0.25) is 5.02 Å². The lowest BCUT2D eigenvalue weighted by Crippen LogP contribution is -2.38. The minimum atomic E-state index is -0.678. The van der Waals surface area contributed by atoms with Crippen LogP contribution in [-0.4, -0.2) is 76.3 Å². The molecule has 5 rings (SSSR count). The number of methoxy groups -OCH3 is 1. The van der Waals surface area contributed by atoms with Crippen LogP contribution >= 0.6 is 11.6 Å². The van der Waals surface area contributed by atoms with Crippen molar-refractivity contribution >= 4 is 35.2 Å². The first-order valence-corrected chi connectivity index (χ1v) is 17.5. The number of pyridine rings is 2. The second-order valence-corrected chi connectivity index (χ2v) is 14.0. The summed E-state index contributed by atoms with van der Waals surface area (Å²) in [5.41, 5.74) is 5.52. The summed E-state index contributed by atoms with van der Waals surface area (Å²) in [6, 6.07) is 16.7. The van der Waals surface area contributed by atoms with Gasteiger partial charge in [-0.3, -0.25) is 19.6 Å². The predicted molar refractivity (Wildman–Crippen MR) is 200 cm³/mol. The molecule has 0 spiro atoms. The molecular formula is C39H45ClN6O6. The summed E-state index contributed by atoms with van der Waals surface area (Å²) in [6.07, 6.45) is 4.08. The molecule has 0 bridgehead atoms. The van der Waals surface area contributed by atoms with E-state index in [1.165, 1.54) is 11.1 Å². The molecule has 1 aliphatic heterocycles. The standard InChI is InChI=1S/C39H45ClN6O6/c1-24-29(7-6-8-31(24)45-37(49)32-13-9-25(20-43-32)23-46(17-18-47)38(50)52-39(2,3)4)30-15-16-42-36(35(30)40)26-10-11-27(33(19-26)51-5)21-41-22-28-12-14-34(48)44-28/h6-11,13,15-16,19-20,28,41,47H,12,14,17-18,21-23H2,1-5H3,(H,44,48)(H,45,49)/t28-/m0/s1. The number of aromatic nitrogens is 2. The summed E-state index contributed by atoms with van der Waals surface area (Å²) in [5.74, 6) is 0.382. The zero-order valence-electron chi connectivity index (χ0n) is 30.1. The Kier molecular flexibility index (Phi) is 12.5. The number of rotatable bonds is 13. The maximum atomic E-state index is 13.3. The van der Waals surface area contributed by atoms with Crippen LogP contribution in [0.1, 0.15) is 60.8 Å². The number of amides is 3. The van der Waals surface area contributed by atoms with E-state index in [0.717, 1.165) is 34.2 Å². The van der Waals surface area contributed by atoms with Gasteiger partial charge in [0.2, 0.25) is 5.91 Å². The Hall–Kier alpha value is -5.04. The van der Waals surface area contributed by atoms with Gasteiger partial charge in [-0.05, 0) is 75.1 Å². The van der Waals surface area contributed by atoms with E-state index in [1.54, 1.807) is 46.2 Å². The van der Waals surface area contributed by atoms with Gasteiger partial charge < -0.3 is 35.4 Å². The van der Waals surface area contributed by atoms with Gasteiger partial charge in [-0.25, -0.2) is 4.79 Å². The topological polar surface area (TPSA) is 155 Å². The van der Waals surface area contributed by atoms with Crippen molar-refractivity contribution < 1.29 is 29.0 Å². The number of aliphatic hydroxyl groups excluding tert-OH is 1. The van der Waals surface area contributed by atoms with Crippen LogP contribution in [0.4, 0.5) is 10.5 Å². The summed E-state index contributed by atoms with van der Waals surface area (Å²) >= 11 is 7.03. The molecule has 274 valence electrons. The molecule has 3 amide bonds. The second-order valence-electron chi connectivity index (χ2n) is 13.6. The summed E-state index contributed by atoms with van der Waals surface area (Å²) in [4.78, 5) is 47.7.